The first-order chi connectivity index (χ1) is 14.1. The Morgan fingerprint density at radius 1 is 1.14 bits per heavy atom. The average molecular weight is 407 g/mol. The van der Waals surface area contributed by atoms with Crippen LogP contribution < -0.4 is 0 Å². The van der Waals surface area contributed by atoms with Gasteiger partial charge in [-0.05, 0) is 48.8 Å². The van der Waals surface area contributed by atoms with Gasteiger partial charge in [-0.1, -0.05) is 56.8 Å². The van der Waals surface area contributed by atoms with Crippen LogP contribution in [0, 0.1) is 23.2 Å². The first-order valence-corrected chi connectivity index (χ1v) is 11.1. The fourth-order valence-corrected chi connectivity index (χ4v) is 4.85. The van der Waals surface area contributed by atoms with Crippen LogP contribution in [0.4, 0.5) is 0 Å². The fourth-order valence-electron chi connectivity index (χ4n) is 4.65. The zero-order valence-corrected chi connectivity index (χ0v) is 17.9. The summed E-state index contributed by atoms with van der Waals surface area (Å²) in [5.74, 6) is 1.78. The highest BCUT2D eigenvalue weighted by Crippen LogP contribution is 2.35. The van der Waals surface area contributed by atoms with Gasteiger partial charge >= 0.3 is 0 Å². The highest BCUT2D eigenvalue weighted by atomic mass is 35.5. The molecule has 29 heavy (non-hydrogen) atoms. The minimum atomic E-state index is 0.211. The summed E-state index contributed by atoms with van der Waals surface area (Å²) in [6, 6.07) is 9.84. The molecule has 0 spiro atoms. The molecule has 5 heteroatoms. The van der Waals surface area contributed by atoms with Crippen LogP contribution in [0.25, 0.3) is 22.3 Å². The Balaban J connectivity index is 1.81. The smallest absolute Gasteiger partial charge is 0.233 e. The van der Waals surface area contributed by atoms with Crippen LogP contribution >= 0.6 is 11.6 Å². The average Bonchev–Trinajstić information content (AvgIpc) is 3.11. The highest BCUT2D eigenvalue weighted by molar-refractivity contribution is 6.30. The van der Waals surface area contributed by atoms with Crippen molar-refractivity contribution >= 4 is 22.6 Å². The van der Waals surface area contributed by atoms with Crippen molar-refractivity contribution in [3.8, 4) is 17.3 Å². The summed E-state index contributed by atoms with van der Waals surface area (Å²) in [6.45, 7) is 5.42. The number of hydrogen-bond donors (Lipinski definition) is 0. The number of rotatable bonds is 5. The van der Waals surface area contributed by atoms with Gasteiger partial charge < -0.3 is 4.57 Å². The zero-order valence-electron chi connectivity index (χ0n) is 17.2. The summed E-state index contributed by atoms with van der Waals surface area (Å²) in [7, 11) is 0. The lowest BCUT2D eigenvalue weighted by atomic mass is 9.81. The maximum atomic E-state index is 9.49. The van der Waals surface area contributed by atoms with E-state index in [1.54, 1.807) is 0 Å². The van der Waals surface area contributed by atoms with Crippen molar-refractivity contribution in [3.05, 3.63) is 46.9 Å². The monoisotopic (exact) mass is 406 g/mol. The molecule has 1 aliphatic carbocycles. The Morgan fingerprint density at radius 3 is 2.55 bits per heavy atom. The lowest BCUT2D eigenvalue weighted by Crippen LogP contribution is -2.18. The second-order valence-electron chi connectivity index (χ2n) is 8.17. The normalized spacial score (nSPS) is 19.4. The van der Waals surface area contributed by atoms with Gasteiger partial charge in [0.25, 0.3) is 0 Å². The maximum absolute atomic E-state index is 9.49. The Morgan fingerprint density at radius 2 is 1.90 bits per heavy atom. The molecular weight excluding hydrogens is 380 g/mol. The van der Waals surface area contributed by atoms with Gasteiger partial charge in [0.2, 0.25) is 5.82 Å². The van der Waals surface area contributed by atoms with E-state index in [0.29, 0.717) is 10.9 Å². The van der Waals surface area contributed by atoms with E-state index >= 15 is 0 Å². The van der Waals surface area contributed by atoms with Gasteiger partial charge in [0.1, 0.15) is 6.07 Å². The van der Waals surface area contributed by atoms with Crippen molar-refractivity contribution in [2.45, 2.75) is 58.9 Å². The van der Waals surface area contributed by atoms with E-state index in [0.717, 1.165) is 41.2 Å². The summed E-state index contributed by atoms with van der Waals surface area (Å²) in [6.07, 6.45) is 9.62. The summed E-state index contributed by atoms with van der Waals surface area (Å²) >= 11 is 6.26. The Labute approximate surface area is 177 Å². The van der Waals surface area contributed by atoms with E-state index in [9.17, 15) is 5.26 Å². The third-order valence-electron chi connectivity index (χ3n) is 6.36. The lowest BCUT2D eigenvalue weighted by molar-refractivity contribution is 0.249. The Bertz CT molecular complexity index is 1050. The number of nitrogens with zero attached hydrogens (tertiary/aromatic N) is 4. The van der Waals surface area contributed by atoms with E-state index < -0.39 is 0 Å². The molecule has 0 unspecified atom stereocenters. The molecule has 0 saturated heterocycles. The quantitative estimate of drug-likeness (QED) is 0.492. The van der Waals surface area contributed by atoms with Gasteiger partial charge in [-0.2, -0.15) is 5.26 Å². The van der Waals surface area contributed by atoms with E-state index in [1.165, 1.54) is 37.7 Å². The van der Waals surface area contributed by atoms with Crippen LogP contribution in [0.1, 0.15) is 57.3 Å². The molecule has 4 nitrogen and oxygen atoms in total. The predicted octanol–water partition coefficient (Wildman–Crippen LogP) is 6.40. The number of fused-ring (bicyclic) bond motifs is 1. The molecule has 1 aliphatic rings. The number of benzene rings is 1. The summed E-state index contributed by atoms with van der Waals surface area (Å²) < 4.78 is 2.34. The van der Waals surface area contributed by atoms with Gasteiger partial charge in [-0.25, -0.2) is 9.97 Å². The number of aryl methyl sites for hydroxylation is 1. The molecule has 2 heterocycles. The van der Waals surface area contributed by atoms with Crippen molar-refractivity contribution in [3.63, 3.8) is 0 Å². The minimum Gasteiger partial charge on any atom is -0.344 e. The molecule has 1 fully saturated rings. The molecule has 1 saturated carbocycles. The molecule has 2 aromatic heterocycles. The molecule has 3 aromatic rings. The van der Waals surface area contributed by atoms with Crippen LogP contribution in [-0.4, -0.2) is 14.5 Å². The van der Waals surface area contributed by atoms with Crippen molar-refractivity contribution in [1.29, 1.82) is 5.26 Å². The first-order valence-electron chi connectivity index (χ1n) is 10.7. The van der Waals surface area contributed by atoms with Crippen LogP contribution in [0.15, 0.2) is 30.5 Å². The molecule has 0 amide bonds. The van der Waals surface area contributed by atoms with E-state index in [4.69, 9.17) is 11.6 Å². The third-order valence-corrected chi connectivity index (χ3v) is 6.60. The minimum absolute atomic E-state index is 0.211. The highest BCUT2D eigenvalue weighted by Gasteiger charge is 2.23. The molecule has 150 valence electrons. The topological polar surface area (TPSA) is 54.5 Å². The fraction of sp³-hybridized carbons (Fsp3) is 0.458. The number of nitriles is 1. The predicted molar refractivity (Wildman–Crippen MR) is 118 cm³/mol. The number of aromatic nitrogens is 3. The third kappa shape index (κ3) is 4.02. The van der Waals surface area contributed by atoms with Gasteiger partial charge in [0.05, 0.1) is 16.7 Å². The van der Waals surface area contributed by atoms with Crippen LogP contribution in [-0.2, 0) is 13.0 Å². The van der Waals surface area contributed by atoms with Gasteiger partial charge in [-0.3, -0.25) is 0 Å². The number of hydrogen-bond acceptors (Lipinski definition) is 3. The largest absolute Gasteiger partial charge is 0.344 e. The van der Waals surface area contributed by atoms with Crippen molar-refractivity contribution < 1.29 is 0 Å². The summed E-state index contributed by atoms with van der Waals surface area (Å²) in [4.78, 5) is 9.19. The zero-order chi connectivity index (χ0) is 20.4. The van der Waals surface area contributed by atoms with Gasteiger partial charge in [0, 0.05) is 23.3 Å². The molecule has 0 N–H and O–H groups in total. The van der Waals surface area contributed by atoms with E-state index in [2.05, 4.69) is 40.6 Å². The second-order valence-corrected chi connectivity index (χ2v) is 8.61. The molecule has 0 atom stereocenters. The SMILES string of the molecule is CCc1cn(CC2CCC(CC)CC2)c2c(-c3cccc(Cl)c3)nc(C#N)nc12. The Hall–Kier alpha value is -2.38. The molecule has 0 radical (unpaired) electrons. The Kier molecular flexibility index (Phi) is 5.87. The van der Waals surface area contributed by atoms with Crippen LogP contribution in [0.3, 0.4) is 0 Å². The van der Waals surface area contributed by atoms with Crippen molar-refractivity contribution in [2.75, 3.05) is 0 Å². The molecule has 4 rings (SSSR count). The van der Waals surface area contributed by atoms with Crippen molar-refractivity contribution in [2.24, 2.45) is 11.8 Å². The molecular formula is C24H27ClN4. The lowest BCUT2D eigenvalue weighted by Gasteiger charge is -2.28. The molecule has 1 aromatic carbocycles. The number of halogens is 1. The molecule has 0 bridgehead atoms. The maximum Gasteiger partial charge on any atom is 0.233 e. The standard InChI is InChI=1S/C24H27ClN4/c1-3-16-8-10-17(11-9-16)14-29-15-18(4-2)22-24(29)23(28-21(13-26)27-22)19-6-5-7-20(25)12-19/h5-7,12,15-17H,3-4,8-11,14H2,1-2H3. The van der Waals surface area contributed by atoms with E-state index in [1.807, 2.05) is 24.3 Å². The first kappa shape index (κ1) is 19.9. The van der Waals surface area contributed by atoms with Crippen LogP contribution in [0.5, 0.6) is 0 Å². The van der Waals surface area contributed by atoms with Crippen LogP contribution in [0.2, 0.25) is 5.02 Å². The van der Waals surface area contributed by atoms with Gasteiger partial charge in [-0.15, -0.1) is 0 Å². The van der Waals surface area contributed by atoms with E-state index in [-0.39, 0.29) is 5.82 Å². The summed E-state index contributed by atoms with van der Waals surface area (Å²) in [5, 5.41) is 10.2. The second kappa shape index (κ2) is 8.55. The van der Waals surface area contributed by atoms with Crippen molar-refractivity contribution in [1.82, 2.24) is 14.5 Å². The molecule has 0 aliphatic heterocycles. The van der Waals surface area contributed by atoms with Gasteiger partial charge in [0.15, 0.2) is 0 Å². The summed E-state index contributed by atoms with van der Waals surface area (Å²) in [5.41, 5.74) is 4.83.